The van der Waals surface area contributed by atoms with E-state index in [-0.39, 0.29) is 11.2 Å². The third-order valence-electron chi connectivity index (χ3n) is 2.32. The van der Waals surface area contributed by atoms with Crippen LogP contribution in [0.5, 0.6) is 0 Å². The van der Waals surface area contributed by atoms with Crippen molar-refractivity contribution < 1.29 is 4.79 Å². The van der Waals surface area contributed by atoms with Crippen LogP contribution in [0.1, 0.15) is 32.6 Å². The zero-order valence-electron chi connectivity index (χ0n) is 8.79. The molecule has 1 saturated heterocycles. The third kappa shape index (κ3) is 4.18. The van der Waals surface area contributed by atoms with Gasteiger partial charge in [0.2, 0.25) is 5.91 Å². The number of rotatable bonds is 4. The van der Waals surface area contributed by atoms with Crippen molar-refractivity contribution in [1.82, 2.24) is 5.32 Å². The molecule has 1 N–H and O–H groups in total. The van der Waals surface area contributed by atoms with E-state index in [1.54, 1.807) is 11.8 Å². The molecule has 0 spiro atoms. The maximum Gasteiger partial charge on any atom is 0.233 e. The van der Waals surface area contributed by atoms with Gasteiger partial charge >= 0.3 is 0 Å². The molecule has 0 aromatic carbocycles. The summed E-state index contributed by atoms with van der Waals surface area (Å²) in [5.41, 5.74) is 0. The van der Waals surface area contributed by atoms with Crippen LogP contribution in [0.25, 0.3) is 0 Å². The highest BCUT2D eigenvalue weighted by atomic mass is 32.2. The summed E-state index contributed by atoms with van der Waals surface area (Å²) in [5, 5.41) is 3.19. The van der Waals surface area contributed by atoms with E-state index in [0.717, 1.165) is 25.1 Å². The normalized spacial score (nSPS) is 22.5. The first-order valence-electron chi connectivity index (χ1n) is 5.35. The highest BCUT2D eigenvalue weighted by Crippen LogP contribution is 2.24. The molecule has 0 aliphatic carbocycles. The van der Waals surface area contributed by atoms with Crippen LogP contribution >= 0.6 is 11.8 Å². The summed E-state index contributed by atoms with van der Waals surface area (Å²) in [6.45, 7) is 2.78. The van der Waals surface area contributed by atoms with Gasteiger partial charge in [0, 0.05) is 6.54 Å². The van der Waals surface area contributed by atoms with Gasteiger partial charge in [-0.3, -0.25) is 4.79 Å². The summed E-state index contributed by atoms with van der Waals surface area (Å²) < 4.78 is 0. The number of nitrogens with one attached hydrogen (secondary N) is 1. The summed E-state index contributed by atoms with van der Waals surface area (Å²) in [4.78, 5) is 11.6. The molecule has 1 aliphatic heterocycles. The summed E-state index contributed by atoms with van der Waals surface area (Å²) in [7, 11) is 0. The smallest absolute Gasteiger partial charge is 0.233 e. The Hall–Kier alpha value is -0.440. The number of hydrogen-bond donors (Lipinski definition) is 1. The Morgan fingerprint density at radius 3 is 3.07 bits per heavy atom. The average Bonchev–Trinajstić information content (AvgIpc) is 2.25. The number of carbonyl (C=O) groups is 1. The maximum atomic E-state index is 11.6. The van der Waals surface area contributed by atoms with Gasteiger partial charge in [-0.1, -0.05) is 18.6 Å². The third-order valence-corrected chi connectivity index (χ3v) is 3.69. The summed E-state index contributed by atoms with van der Waals surface area (Å²) in [6, 6.07) is 0. The van der Waals surface area contributed by atoms with E-state index >= 15 is 0 Å². The van der Waals surface area contributed by atoms with Crippen molar-refractivity contribution in [3.8, 4) is 0 Å². The molecule has 1 heterocycles. The quantitative estimate of drug-likeness (QED) is 0.574. The van der Waals surface area contributed by atoms with Gasteiger partial charge in [0.05, 0.1) is 5.25 Å². The first kappa shape index (κ1) is 11.6. The summed E-state index contributed by atoms with van der Waals surface area (Å²) >= 11 is 1.81. The maximum absolute atomic E-state index is 11.6. The van der Waals surface area contributed by atoms with Crippen molar-refractivity contribution in [3.05, 3.63) is 12.2 Å². The molecular weight excluding hydrogens is 194 g/mol. The van der Waals surface area contributed by atoms with E-state index in [1.807, 2.05) is 13.0 Å². The molecule has 0 aromatic heterocycles. The first-order valence-corrected chi connectivity index (χ1v) is 6.40. The molecule has 1 amide bonds. The van der Waals surface area contributed by atoms with E-state index in [4.69, 9.17) is 0 Å². The van der Waals surface area contributed by atoms with E-state index in [9.17, 15) is 4.79 Å². The SMILES string of the molecule is C/C=C/CCNC(=O)C1CCCCS1. The van der Waals surface area contributed by atoms with Crippen LogP contribution in [0.15, 0.2) is 12.2 Å². The minimum Gasteiger partial charge on any atom is -0.355 e. The molecule has 1 unspecified atom stereocenters. The summed E-state index contributed by atoms with van der Waals surface area (Å²) in [5.74, 6) is 1.38. The lowest BCUT2D eigenvalue weighted by Gasteiger charge is -2.20. The van der Waals surface area contributed by atoms with Gasteiger partial charge in [-0.2, -0.15) is 0 Å². The minimum atomic E-state index is 0.217. The molecule has 0 radical (unpaired) electrons. The lowest BCUT2D eigenvalue weighted by atomic mass is 10.2. The van der Waals surface area contributed by atoms with Crippen molar-refractivity contribution in [2.24, 2.45) is 0 Å². The zero-order valence-corrected chi connectivity index (χ0v) is 9.61. The average molecular weight is 213 g/mol. The number of allylic oxidation sites excluding steroid dienone is 1. The first-order chi connectivity index (χ1) is 6.84. The Morgan fingerprint density at radius 1 is 1.57 bits per heavy atom. The molecule has 2 nitrogen and oxygen atoms in total. The molecule has 3 heteroatoms. The second kappa shape index (κ2) is 6.93. The largest absolute Gasteiger partial charge is 0.355 e. The number of hydrogen-bond acceptors (Lipinski definition) is 2. The molecule has 14 heavy (non-hydrogen) atoms. The van der Waals surface area contributed by atoms with E-state index in [0.29, 0.717) is 0 Å². The predicted octanol–water partition coefficient (Wildman–Crippen LogP) is 2.35. The Bertz CT molecular complexity index is 197. The lowest BCUT2D eigenvalue weighted by Crippen LogP contribution is -2.34. The predicted molar refractivity (Wildman–Crippen MR) is 62.5 cm³/mol. The number of amides is 1. The molecule has 0 bridgehead atoms. The standard InChI is InChI=1S/C11H19NOS/c1-2-3-5-8-12-11(13)10-7-4-6-9-14-10/h2-3,10H,4-9H2,1H3,(H,12,13)/b3-2+. The Kier molecular flexibility index (Phi) is 5.76. The summed E-state index contributed by atoms with van der Waals surface area (Å²) in [6.07, 6.45) is 8.57. The highest BCUT2D eigenvalue weighted by molar-refractivity contribution is 8.00. The van der Waals surface area contributed by atoms with Crippen molar-refractivity contribution in [3.63, 3.8) is 0 Å². The van der Waals surface area contributed by atoms with Crippen LogP contribution in [-0.2, 0) is 4.79 Å². The Balaban J connectivity index is 2.13. The number of carbonyl (C=O) groups excluding carboxylic acids is 1. The molecule has 1 fully saturated rings. The van der Waals surface area contributed by atoms with Gasteiger partial charge in [-0.05, 0) is 31.9 Å². The molecule has 80 valence electrons. The van der Waals surface area contributed by atoms with Crippen LogP contribution in [0.2, 0.25) is 0 Å². The van der Waals surface area contributed by atoms with E-state index in [1.165, 1.54) is 12.8 Å². The molecule has 1 rings (SSSR count). The number of thioether (sulfide) groups is 1. The van der Waals surface area contributed by atoms with Gasteiger partial charge < -0.3 is 5.32 Å². The van der Waals surface area contributed by atoms with E-state index < -0.39 is 0 Å². The van der Waals surface area contributed by atoms with Crippen molar-refractivity contribution in [1.29, 1.82) is 0 Å². The molecule has 0 aromatic rings. The van der Waals surface area contributed by atoms with Crippen LogP contribution in [0.3, 0.4) is 0 Å². The lowest BCUT2D eigenvalue weighted by molar-refractivity contribution is -0.120. The zero-order chi connectivity index (χ0) is 10.2. The van der Waals surface area contributed by atoms with Crippen molar-refractivity contribution in [2.45, 2.75) is 37.9 Å². The molecule has 1 atom stereocenters. The van der Waals surface area contributed by atoms with E-state index in [2.05, 4.69) is 11.4 Å². The fraction of sp³-hybridized carbons (Fsp3) is 0.727. The van der Waals surface area contributed by atoms with Crippen LogP contribution in [0, 0.1) is 0 Å². The molecule has 1 aliphatic rings. The van der Waals surface area contributed by atoms with Gasteiger partial charge in [-0.25, -0.2) is 0 Å². The fourth-order valence-corrected chi connectivity index (χ4v) is 2.73. The second-order valence-electron chi connectivity index (χ2n) is 3.50. The van der Waals surface area contributed by atoms with Crippen LogP contribution in [-0.4, -0.2) is 23.5 Å². The van der Waals surface area contributed by atoms with Gasteiger partial charge in [0.25, 0.3) is 0 Å². The van der Waals surface area contributed by atoms with Crippen molar-refractivity contribution >= 4 is 17.7 Å². The monoisotopic (exact) mass is 213 g/mol. The van der Waals surface area contributed by atoms with Gasteiger partial charge in [0.1, 0.15) is 0 Å². The highest BCUT2D eigenvalue weighted by Gasteiger charge is 2.20. The molecular formula is C11H19NOS. The fourth-order valence-electron chi connectivity index (χ4n) is 1.51. The van der Waals surface area contributed by atoms with Crippen LogP contribution < -0.4 is 5.32 Å². The minimum absolute atomic E-state index is 0.217. The van der Waals surface area contributed by atoms with Crippen molar-refractivity contribution in [2.75, 3.05) is 12.3 Å². The topological polar surface area (TPSA) is 29.1 Å². The molecule has 0 saturated carbocycles. The Morgan fingerprint density at radius 2 is 2.43 bits per heavy atom. The van der Waals surface area contributed by atoms with Gasteiger partial charge in [-0.15, -0.1) is 11.8 Å². The second-order valence-corrected chi connectivity index (χ2v) is 4.81. The van der Waals surface area contributed by atoms with Crippen LogP contribution in [0.4, 0.5) is 0 Å². The van der Waals surface area contributed by atoms with Gasteiger partial charge in [0.15, 0.2) is 0 Å². The Labute approximate surface area is 90.5 Å².